The van der Waals surface area contributed by atoms with Gasteiger partial charge >= 0.3 is 0 Å². The highest BCUT2D eigenvalue weighted by molar-refractivity contribution is 6.01. The lowest BCUT2D eigenvalue weighted by Gasteiger charge is -2.21. The van der Waals surface area contributed by atoms with Gasteiger partial charge < -0.3 is 0 Å². The van der Waals surface area contributed by atoms with Crippen LogP contribution in [0.1, 0.15) is 47.2 Å². The van der Waals surface area contributed by atoms with E-state index in [0.717, 1.165) is 22.5 Å². The van der Waals surface area contributed by atoms with Crippen molar-refractivity contribution in [3.05, 3.63) is 167 Å². The summed E-state index contributed by atoms with van der Waals surface area (Å²) in [5.41, 5.74) is 21.3. The van der Waals surface area contributed by atoms with Crippen molar-refractivity contribution in [2.45, 2.75) is 41.5 Å². The molecule has 0 bridgehead atoms. The molecule has 0 spiro atoms. The van der Waals surface area contributed by atoms with Crippen LogP contribution in [-0.2, 0) is 0 Å². The Kier molecular flexibility index (Phi) is 8.33. The number of rotatable bonds is 5. The molecule has 4 aromatic carbocycles. The van der Waals surface area contributed by atoms with Crippen LogP contribution in [0.5, 0.6) is 0 Å². The minimum Gasteiger partial charge on any atom is -0.256 e. The average Bonchev–Trinajstić information content (AvgIpc) is 3.25. The smallest absolute Gasteiger partial charge is 0.0731 e. The highest BCUT2D eigenvalue weighted by atomic mass is 14.7. The minimum atomic E-state index is 1.02. The van der Waals surface area contributed by atoms with Crippen molar-refractivity contribution in [2.24, 2.45) is 0 Å². The molecule has 7 rings (SSSR count). The molecule has 0 N–H and O–H groups in total. The number of nitrogens with zero attached hydrogens (tertiary/aromatic N) is 2. The van der Waals surface area contributed by atoms with E-state index in [4.69, 9.17) is 9.97 Å². The van der Waals surface area contributed by atoms with Gasteiger partial charge in [-0.2, -0.15) is 0 Å². The van der Waals surface area contributed by atoms with Crippen LogP contribution in [0.25, 0.3) is 67.5 Å². The van der Waals surface area contributed by atoms with Gasteiger partial charge in [0.1, 0.15) is 0 Å². The molecule has 0 amide bonds. The van der Waals surface area contributed by atoms with E-state index in [-0.39, 0.29) is 0 Å². The summed E-state index contributed by atoms with van der Waals surface area (Å²) in [6.07, 6.45) is 12.7. The highest BCUT2D eigenvalue weighted by Gasteiger charge is 2.23. The summed E-state index contributed by atoms with van der Waals surface area (Å²) in [7, 11) is 0. The van der Waals surface area contributed by atoms with E-state index in [1.165, 1.54) is 77.9 Å². The minimum absolute atomic E-state index is 1.02. The Morgan fingerprint density at radius 1 is 0.500 bits per heavy atom. The number of allylic oxidation sites excluding steroid dienone is 5. The fourth-order valence-corrected chi connectivity index (χ4v) is 7.03. The Balaban J connectivity index is 1.58. The molecule has 0 saturated heterocycles. The summed E-state index contributed by atoms with van der Waals surface area (Å²) >= 11 is 0. The molecule has 2 aromatic heterocycles. The first-order valence-corrected chi connectivity index (χ1v) is 16.7. The molecule has 0 saturated carbocycles. The highest BCUT2D eigenvalue weighted by Crippen LogP contribution is 2.46. The molecule has 0 radical (unpaired) electrons. The molecule has 234 valence electrons. The summed E-state index contributed by atoms with van der Waals surface area (Å²) in [4.78, 5) is 9.56. The summed E-state index contributed by atoms with van der Waals surface area (Å²) in [5.74, 6) is 0. The molecule has 48 heavy (non-hydrogen) atoms. The lowest BCUT2D eigenvalue weighted by molar-refractivity contribution is 1.27. The molecular formula is C46H40N2. The largest absolute Gasteiger partial charge is 0.256 e. The van der Waals surface area contributed by atoms with Gasteiger partial charge in [-0.1, -0.05) is 85.0 Å². The Hall–Kier alpha value is -5.60. The normalized spacial score (nSPS) is 13.3. The van der Waals surface area contributed by atoms with Crippen molar-refractivity contribution in [1.29, 1.82) is 0 Å². The van der Waals surface area contributed by atoms with Crippen molar-refractivity contribution in [3.8, 4) is 55.9 Å². The number of fused-ring (bicyclic) bond motifs is 3. The van der Waals surface area contributed by atoms with E-state index in [1.54, 1.807) is 0 Å². The molecule has 2 heterocycles. The van der Waals surface area contributed by atoms with Gasteiger partial charge in [-0.15, -0.1) is 0 Å². The van der Waals surface area contributed by atoms with Gasteiger partial charge in [-0.25, -0.2) is 0 Å². The summed E-state index contributed by atoms with van der Waals surface area (Å²) in [5, 5.41) is 0. The van der Waals surface area contributed by atoms with E-state index in [2.05, 4.69) is 151 Å². The van der Waals surface area contributed by atoms with E-state index < -0.39 is 0 Å². The molecular weight excluding hydrogens is 581 g/mol. The fraction of sp³-hybridized carbons (Fsp3) is 0.130. The Labute approximate surface area is 284 Å². The number of hydrogen-bond acceptors (Lipinski definition) is 2. The molecule has 0 aliphatic heterocycles. The zero-order valence-electron chi connectivity index (χ0n) is 28.6. The number of benzene rings is 4. The third kappa shape index (κ3) is 5.65. The van der Waals surface area contributed by atoms with E-state index in [1.807, 2.05) is 24.5 Å². The summed E-state index contributed by atoms with van der Waals surface area (Å²) in [6.45, 7) is 13.0. The molecule has 1 aliphatic rings. The predicted molar refractivity (Wildman–Crippen MR) is 205 cm³/mol. The topological polar surface area (TPSA) is 25.8 Å². The third-order valence-electron chi connectivity index (χ3n) is 9.59. The van der Waals surface area contributed by atoms with Crippen molar-refractivity contribution in [2.75, 3.05) is 0 Å². The number of aryl methyl sites for hydroxylation is 4. The summed E-state index contributed by atoms with van der Waals surface area (Å²) < 4.78 is 0. The standard InChI is InChI=1S/C46H40N2/c1-7-12-29(2)38-22-21-34-19-20-36(46-33(6)15-11-24-48-46)26-40(34)44-28-41(37-16-9-8-13-30(37)3)43(27-42(38)44)39-25-35(18-17-31(39)4)45-32(5)14-10-23-47-45/h7-28H,1-6H3/b12-7-,38-29+. The monoisotopic (exact) mass is 620 g/mol. The zero-order valence-corrected chi connectivity index (χ0v) is 28.6. The van der Waals surface area contributed by atoms with Crippen LogP contribution in [0.15, 0.2) is 133 Å². The quantitative estimate of drug-likeness (QED) is 0.192. The van der Waals surface area contributed by atoms with Crippen molar-refractivity contribution < 1.29 is 0 Å². The maximum atomic E-state index is 4.78. The van der Waals surface area contributed by atoms with Crippen LogP contribution < -0.4 is 0 Å². The van der Waals surface area contributed by atoms with Gasteiger partial charge in [0.05, 0.1) is 11.4 Å². The van der Waals surface area contributed by atoms with E-state index >= 15 is 0 Å². The Bertz CT molecular complexity index is 2300. The third-order valence-corrected chi connectivity index (χ3v) is 9.59. The second kappa shape index (κ2) is 12.9. The van der Waals surface area contributed by atoms with Gasteiger partial charge in [-0.05, 0) is 156 Å². The van der Waals surface area contributed by atoms with Crippen LogP contribution >= 0.6 is 0 Å². The van der Waals surface area contributed by atoms with Crippen LogP contribution in [0.2, 0.25) is 0 Å². The Morgan fingerprint density at radius 3 is 1.73 bits per heavy atom. The average molecular weight is 621 g/mol. The van der Waals surface area contributed by atoms with Crippen molar-refractivity contribution >= 4 is 11.6 Å². The number of hydrogen-bond donors (Lipinski definition) is 0. The van der Waals surface area contributed by atoms with Gasteiger partial charge in [0, 0.05) is 23.5 Å². The Morgan fingerprint density at radius 2 is 1.06 bits per heavy atom. The van der Waals surface area contributed by atoms with Crippen LogP contribution in [0.3, 0.4) is 0 Å². The molecule has 0 fully saturated rings. The first-order chi connectivity index (χ1) is 23.3. The maximum absolute atomic E-state index is 4.78. The van der Waals surface area contributed by atoms with Crippen LogP contribution in [-0.4, -0.2) is 9.97 Å². The first kappa shape index (κ1) is 31.0. The van der Waals surface area contributed by atoms with Crippen molar-refractivity contribution in [3.63, 3.8) is 0 Å². The van der Waals surface area contributed by atoms with Gasteiger partial charge in [0.2, 0.25) is 0 Å². The first-order valence-electron chi connectivity index (χ1n) is 16.7. The lowest BCUT2D eigenvalue weighted by Crippen LogP contribution is -1.98. The van der Waals surface area contributed by atoms with Gasteiger partial charge in [-0.3, -0.25) is 9.97 Å². The van der Waals surface area contributed by atoms with Crippen molar-refractivity contribution in [1.82, 2.24) is 9.97 Å². The molecule has 1 aliphatic carbocycles. The molecule has 0 unspecified atom stereocenters. The zero-order chi connectivity index (χ0) is 33.4. The van der Waals surface area contributed by atoms with E-state index in [9.17, 15) is 0 Å². The molecule has 2 heteroatoms. The second-order valence-corrected chi connectivity index (χ2v) is 12.9. The second-order valence-electron chi connectivity index (χ2n) is 12.9. The fourth-order valence-electron chi connectivity index (χ4n) is 7.03. The number of pyridine rings is 2. The van der Waals surface area contributed by atoms with Crippen LogP contribution in [0, 0.1) is 27.7 Å². The number of aromatic nitrogens is 2. The summed E-state index contributed by atoms with van der Waals surface area (Å²) in [6, 6.07) is 35.5. The molecule has 6 aromatic rings. The molecule has 2 nitrogen and oxygen atoms in total. The van der Waals surface area contributed by atoms with Gasteiger partial charge in [0.25, 0.3) is 0 Å². The molecule has 0 atom stereocenters. The van der Waals surface area contributed by atoms with Gasteiger partial charge in [0.15, 0.2) is 0 Å². The maximum Gasteiger partial charge on any atom is 0.0731 e. The van der Waals surface area contributed by atoms with E-state index in [0.29, 0.717) is 0 Å². The van der Waals surface area contributed by atoms with Crippen LogP contribution in [0.4, 0.5) is 0 Å². The SMILES string of the molecule is C/C=C\C(C)=C1/C=Cc2ccc(-c3ncccc3C)cc2-c2cc(-c3ccccc3C)c(-c3cc(-c4ncccc4C)ccc3C)cc21. The predicted octanol–water partition coefficient (Wildman–Crippen LogP) is 12.4. The lowest BCUT2D eigenvalue weighted by atomic mass is 9.82.